The number of hydrogen-bond acceptors (Lipinski definition) is 3. The maximum Gasteiger partial charge on any atom is 0.340 e. The van der Waals surface area contributed by atoms with Crippen LogP contribution in [0.25, 0.3) is 0 Å². The molecule has 0 aromatic heterocycles. The Hall–Kier alpha value is -1.75. The first kappa shape index (κ1) is 17.6. The van der Waals surface area contributed by atoms with Gasteiger partial charge >= 0.3 is 5.97 Å². The van der Waals surface area contributed by atoms with Gasteiger partial charge in [0.05, 0.1) is 10.6 Å². The van der Waals surface area contributed by atoms with Crippen LogP contribution in [0.3, 0.4) is 0 Å². The fraction of sp³-hybridized carbons (Fsp3) is 0.125. The number of ether oxygens (including phenoxy) is 1. The lowest BCUT2D eigenvalue weighted by molar-refractivity contribution is -0.123. The molecular weight excluding hydrogens is 361 g/mol. The summed E-state index contributed by atoms with van der Waals surface area (Å²) in [5, 5.41) is 3.65. The molecule has 0 saturated heterocycles. The van der Waals surface area contributed by atoms with Crippen molar-refractivity contribution < 1.29 is 14.3 Å². The number of benzene rings is 2. The molecule has 2 aromatic rings. The molecule has 0 aliphatic heterocycles. The Kier molecular flexibility index (Phi) is 5.88. The Morgan fingerprint density at radius 3 is 2.39 bits per heavy atom. The normalized spacial score (nSPS) is 11.7. The van der Waals surface area contributed by atoms with Gasteiger partial charge in [-0.15, -0.1) is 0 Å². The molecule has 0 radical (unpaired) electrons. The molecule has 0 fully saturated rings. The number of halogens is 3. The Labute approximate surface area is 148 Å². The van der Waals surface area contributed by atoms with Gasteiger partial charge in [0, 0.05) is 15.7 Å². The highest BCUT2D eigenvalue weighted by atomic mass is 35.5. The van der Waals surface area contributed by atoms with Crippen molar-refractivity contribution in [2.75, 3.05) is 5.32 Å². The average Bonchev–Trinajstić information content (AvgIpc) is 2.46. The number of carbonyl (C=O) groups is 2. The SMILES string of the molecule is C[C@H](OC(=O)c1ccc(Cl)cc1Cl)C(=O)Nc1cccc(Cl)c1. The zero-order chi connectivity index (χ0) is 17.0. The van der Waals surface area contributed by atoms with E-state index in [9.17, 15) is 9.59 Å². The molecule has 0 bridgehead atoms. The fourth-order valence-electron chi connectivity index (χ4n) is 1.74. The molecule has 4 nitrogen and oxygen atoms in total. The third-order valence-electron chi connectivity index (χ3n) is 2.90. The second kappa shape index (κ2) is 7.68. The summed E-state index contributed by atoms with van der Waals surface area (Å²) in [6.07, 6.45) is -1.01. The molecule has 0 heterocycles. The first-order chi connectivity index (χ1) is 10.9. The molecule has 2 aromatic carbocycles. The molecule has 1 atom stereocenters. The van der Waals surface area contributed by atoms with Gasteiger partial charge in [-0.2, -0.15) is 0 Å². The standard InChI is InChI=1S/C16H12Cl3NO3/c1-9(15(21)20-12-4-2-3-10(17)7-12)23-16(22)13-6-5-11(18)8-14(13)19/h2-9H,1H3,(H,20,21)/t9-/m0/s1. The second-order valence-corrected chi connectivity index (χ2v) is 5.95. The largest absolute Gasteiger partial charge is 0.449 e. The van der Waals surface area contributed by atoms with Crippen LogP contribution in [0.4, 0.5) is 5.69 Å². The maximum absolute atomic E-state index is 12.0. The summed E-state index contributed by atoms with van der Waals surface area (Å²) in [5.41, 5.74) is 0.647. The van der Waals surface area contributed by atoms with E-state index in [4.69, 9.17) is 39.5 Å². The number of amides is 1. The van der Waals surface area contributed by atoms with Crippen molar-refractivity contribution in [2.45, 2.75) is 13.0 Å². The van der Waals surface area contributed by atoms with Crippen LogP contribution in [0.1, 0.15) is 17.3 Å². The van der Waals surface area contributed by atoms with E-state index in [0.717, 1.165) is 0 Å². The van der Waals surface area contributed by atoms with Crippen LogP contribution < -0.4 is 5.32 Å². The van der Waals surface area contributed by atoms with Gasteiger partial charge in [0.2, 0.25) is 0 Å². The number of rotatable bonds is 4. The van der Waals surface area contributed by atoms with Gasteiger partial charge in [0.25, 0.3) is 5.91 Å². The van der Waals surface area contributed by atoms with Crippen LogP contribution in [0.15, 0.2) is 42.5 Å². The van der Waals surface area contributed by atoms with Crippen LogP contribution in [-0.2, 0) is 9.53 Å². The monoisotopic (exact) mass is 371 g/mol. The molecular formula is C16H12Cl3NO3. The van der Waals surface area contributed by atoms with Gasteiger partial charge < -0.3 is 10.1 Å². The van der Waals surface area contributed by atoms with E-state index >= 15 is 0 Å². The van der Waals surface area contributed by atoms with Crippen LogP contribution in [0, 0.1) is 0 Å². The Balaban J connectivity index is 2.01. The van der Waals surface area contributed by atoms with Crippen molar-refractivity contribution in [1.29, 1.82) is 0 Å². The Bertz CT molecular complexity index is 749. The van der Waals surface area contributed by atoms with E-state index in [1.807, 2.05) is 0 Å². The Morgan fingerprint density at radius 2 is 1.74 bits per heavy atom. The van der Waals surface area contributed by atoms with E-state index in [-0.39, 0.29) is 10.6 Å². The quantitative estimate of drug-likeness (QED) is 0.782. The lowest BCUT2D eigenvalue weighted by atomic mass is 10.2. The number of hydrogen-bond donors (Lipinski definition) is 1. The summed E-state index contributed by atoms with van der Waals surface area (Å²) in [5.74, 6) is -1.19. The predicted molar refractivity (Wildman–Crippen MR) is 91.4 cm³/mol. The van der Waals surface area contributed by atoms with Crippen LogP contribution in [0.5, 0.6) is 0 Å². The van der Waals surface area contributed by atoms with Gasteiger partial charge in [0.1, 0.15) is 0 Å². The minimum Gasteiger partial charge on any atom is -0.449 e. The first-order valence-electron chi connectivity index (χ1n) is 6.59. The number of esters is 1. The molecule has 120 valence electrons. The van der Waals surface area contributed by atoms with E-state index in [1.54, 1.807) is 24.3 Å². The van der Waals surface area contributed by atoms with Gasteiger partial charge in [-0.1, -0.05) is 40.9 Å². The molecule has 0 unspecified atom stereocenters. The fourth-order valence-corrected chi connectivity index (χ4v) is 2.42. The van der Waals surface area contributed by atoms with Gasteiger partial charge in [0.15, 0.2) is 6.10 Å². The van der Waals surface area contributed by atoms with E-state index in [0.29, 0.717) is 15.7 Å². The van der Waals surface area contributed by atoms with E-state index in [2.05, 4.69) is 5.32 Å². The highest BCUT2D eigenvalue weighted by Crippen LogP contribution is 2.22. The third-order valence-corrected chi connectivity index (χ3v) is 3.68. The van der Waals surface area contributed by atoms with Crippen molar-refractivity contribution in [3.63, 3.8) is 0 Å². The first-order valence-corrected chi connectivity index (χ1v) is 7.72. The van der Waals surface area contributed by atoms with Crippen molar-refractivity contribution in [2.24, 2.45) is 0 Å². The van der Waals surface area contributed by atoms with E-state index in [1.165, 1.54) is 25.1 Å². The molecule has 0 saturated carbocycles. The predicted octanol–water partition coefficient (Wildman–Crippen LogP) is 4.83. The molecule has 0 aliphatic rings. The molecule has 1 amide bonds. The summed E-state index contributed by atoms with van der Waals surface area (Å²) in [4.78, 5) is 24.1. The number of carbonyl (C=O) groups excluding carboxylic acids is 2. The smallest absolute Gasteiger partial charge is 0.340 e. The summed E-state index contributed by atoms with van der Waals surface area (Å²) in [7, 11) is 0. The second-order valence-electron chi connectivity index (χ2n) is 4.67. The van der Waals surface area contributed by atoms with Gasteiger partial charge in [-0.3, -0.25) is 4.79 Å². The van der Waals surface area contributed by atoms with Crippen LogP contribution in [0.2, 0.25) is 15.1 Å². The minimum atomic E-state index is -1.01. The summed E-state index contributed by atoms with van der Waals surface area (Å²) >= 11 is 17.5. The zero-order valence-electron chi connectivity index (χ0n) is 12.0. The van der Waals surface area contributed by atoms with Gasteiger partial charge in [-0.25, -0.2) is 4.79 Å². The minimum absolute atomic E-state index is 0.137. The average molecular weight is 373 g/mol. The molecule has 2 rings (SSSR count). The summed E-state index contributed by atoms with van der Waals surface area (Å²) in [6.45, 7) is 1.46. The molecule has 7 heteroatoms. The summed E-state index contributed by atoms with van der Waals surface area (Å²) < 4.78 is 5.11. The lowest BCUT2D eigenvalue weighted by Crippen LogP contribution is -2.30. The third kappa shape index (κ3) is 4.86. The molecule has 23 heavy (non-hydrogen) atoms. The number of nitrogens with one attached hydrogen (secondary N) is 1. The van der Waals surface area contributed by atoms with Crippen molar-refractivity contribution in [1.82, 2.24) is 0 Å². The van der Waals surface area contributed by atoms with Gasteiger partial charge in [-0.05, 0) is 43.3 Å². The highest BCUT2D eigenvalue weighted by molar-refractivity contribution is 6.36. The van der Waals surface area contributed by atoms with Crippen LogP contribution >= 0.6 is 34.8 Å². The van der Waals surface area contributed by atoms with Crippen molar-refractivity contribution in [3.8, 4) is 0 Å². The number of anilines is 1. The van der Waals surface area contributed by atoms with E-state index < -0.39 is 18.0 Å². The van der Waals surface area contributed by atoms with Crippen LogP contribution in [-0.4, -0.2) is 18.0 Å². The maximum atomic E-state index is 12.0. The highest BCUT2D eigenvalue weighted by Gasteiger charge is 2.20. The topological polar surface area (TPSA) is 55.4 Å². The molecule has 0 aliphatic carbocycles. The molecule has 0 spiro atoms. The van der Waals surface area contributed by atoms with Crippen molar-refractivity contribution in [3.05, 3.63) is 63.1 Å². The zero-order valence-corrected chi connectivity index (χ0v) is 14.2. The van der Waals surface area contributed by atoms with Crippen molar-refractivity contribution >= 4 is 52.4 Å². The lowest BCUT2D eigenvalue weighted by Gasteiger charge is -2.14. The molecule has 1 N–H and O–H groups in total. The Morgan fingerprint density at radius 1 is 1.04 bits per heavy atom. The summed E-state index contributed by atoms with van der Waals surface area (Å²) in [6, 6.07) is 11.0.